The van der Waals surface area contributed by atoms with Crippen LogP contribution in [0.1, 0.15) is 31.7 Å². The average molecular weight is 489 g/mol. The van der Waals surface area contributed by atoms with Crippen molar-refractivity contribution < 1.29 is 28.7 Å². The maximum absolute atomic E-state index is 13.1. The van der Waals surface area contributed by atoms with Crippen molar-refractivity contribution in [1.29, 1.82) is 0 Å². The number of hydrogen-bond acceptors (Lipinski definition) is 6. The second-order valence-electron chi connectivity index (χ2n) is 9.66. The highest BCUT2D eigenvalue weighted by molar-refractivity contribution is 6.22. The Morgan fingerprint density at radius 1 is 0.944 bits per heavy atom. The minimum Gasteiger partial charge on any atom is -0.495 e. The molecule has 3 aliphatic rings. The quantitative estimate of drug-likeness (QED) is 0.275. The minimum absolute atomic E-state index is 0.0426. The van der Waals surface area contributed by atoms with Crippen molar-refractivity contribution in [3.63, 3.8) is 0 Å². The van der Waals surface area contributed by atoms with E-state index in [1.807, 2.05) is 25.1 Å². The van der Waals surface area contributed by atoms with E-state index in [9.17, 15) is 19.2 Å². The molecule has 2 fully saturated rings. The third-order valence-corrected chi connectivity index (χ3v) is 7.28. The zero-order chi connectivity index (χ0) is 25.6. The summed E-state index contributed by atoms with van der Waals surface area (Å²) in [5.74, 6) is -1.42. The highest BCUT2D eigenvalue weighted by Gasteiger charge is 2.49. The van der Waals surface area contributed by atoms with Crippen LogP contribution in [0.15, 0.2) is 54.1 Å². The molecule has 2 aliphatic heterocycles. The van der Waals surface area contributed by atoms with Crippen LogP contribution in [-0.4, -0.2) is 37.3 Å². The number of amides is 3. The Balaban J connectivity index is 1.29. The summed E-state index contributed by atoms with van der Waals surface area (Å²) in [6, 6.07) is 12.0. The summed E-state index contributed by atoms with van der Waals surface area (Å²) in [5.41, 5.74) is 2.91. The fraction of sp³-hybridized carbons (Fsp3) is 0.357. The van der Waals surface area contributed by atoms with Gasteiger partial charge in [0.25, 0.3) is 0 Å². The van der Waals surface area contributed by atoms with Gasteiger partial charge in [-0.25, -0.2) is 4.90 Å². The van der Waals surface area contributed by atoms with Gasteiger partial charge in [0.05, 0.1) is 36.2 Å². The van der Waals surface area contributed by atoms with Crippen molar-refractivity contribution in [3.05, 3.63) is 59.7 Å². The fourth-order valence-corrected chi connectivity index (χ4v) is 5.37. The Morgan fingerprint density at radius 2 is 1.69 bits per heavy atom. The van der Waals surface area contributed by atoms with Crippen LogP contribution >= 0.6 is 0 Å². The number of anilines is 2. The Kier molecular flexibility index (Phi) is 6.12. The van der Waals surface area contributed by atoms with Gasteiger partial charge in [0.15, 0.2) is 0 Å². The van der Waals surface area contributed by atoms with E-state index in [4.69, 9.17) is 9.47 Å². The summed E-state index contributed by atoms with van der Waals surface area (Å²) in [6.45, 7) is 3.96. The Labute approximate surface area is 209 Å². The van der Waals surface area contributed by atoms with Crippen LogP contribution in [0.25, 0.3) is 0 Å². The summed E-state index contributed by atoms with van der Waals surface area (Å²) in [4.78, 5) is 54.4. The van der Waals surface area contributed by atoms with Crippen LogP contribution in [0.3, 0.4) is 0 Å². The molecule has 3 atom stereocenters. The van der Waals surface area contributed by atoms with Crippen molar-refractivity contribution in [2.24, 2.45) is 17.8 Å². The average Bonchev–Trinajstić information content (AvgIpc) is 3.36. The maximum atomic E-state index is 13.1. The largest absolute Gasteiger partial charge is 0.495 e. The first kappa shape index (κ1) is 23.8. The summed E-state index contributed by atoms with van der Waals surface area (Å²) in [6.07, 6.45) is 3.26. The first-order chi connectivity index (χ1) is 17.3. The number of imide groups is 1. The molecule has 0 N–H and O–H groups in total. The molecule has 0 saturated carbocycles. The fourth-order valence-electron chi connectivity index (χ4n) is 5.37. The molecule has 0 unspecified atom stereocenters. The molecule has 5 rings (SSSR count). The maximum Gasteiger partial charge on any atom is 0.316 e. The summed E-state index contributed by atoms with van der Waals surface area (Å²) in [7, 11) is 1.53. The predicted octanol–water partition coefficient (Wildman–Crippen LogP) is 3.81. The van der Waals surface area contributed by atoms with Gasteiger partial charge < -0.3 is 14.4 Å². The summed E-state index contributed by atoms with van der Waals surface area (Å²) < 4.78 is 11.0. The lowest BCUT2D eigenvalue weighted by molar-refractivity contribution is -0.139. The molecule has 0 radical (unpaired) electrons. The Morgan fingerprint density at radius 3 is 2.44 bits per heavy atom. The first-order valence-corrected chi connectivity index (χ1v) is 12.1. The molecule has 8 nitrogen and oxygen atoms in total. The van der Waals surface area contributed by atoms with Crippen LogP contribution in [0.4, 0.5) is 11.4 Å². The molecular weight excluding hydrogens is 460 g/mol. The molecule has 2 aromatic rings. The zero-order valence-corrected chi connectivity index (χ0v) is 20.5. The molecule has 3 amide bonds. The van der Waals surface area contributed by atoms with Crippen LogP contribution in [0, 0.1) is 24.7 Å². The highest BCUT2D eigenvalue weighted by atomic mass is 16.5. The number of methoxy groups -OCH3 is 1. The van der Waals surface area contributed by atoms with Gasteiger partial charge in [-0.15, -0.1) is 0 Å². The molecular formula is C28H28N2O6. The number of aryl methyl sites for hydroxylation is 1. The van der Waals surface area contributed by atoms with Gasteiger partial charge in [-0.1, -0.05) is 23.8 Å². The summed E-state index contributed by atoms with van der Waals surface area (Å²) >= 11 is 0. The van der Waals surface area contributed by atoms with Gasteiger partial charge in [0, 0.05) is 13.0 Å². The zero-order valence-electron chi connectivity index (χ0n) is 20.5. The Bertz CT molecular complexity index is 1300. The topological polar surface area (TPSA) is 93.2 Å². The normalized spacial score (nSPS) is 23.6. The van der Waals surface area contributed by atoms with Crippen molar-refractivity contribution in [2.75, 3.05) is 23.5 Å². The van der Waals surface area contributed by atoms with Gasteiger partial charge in [-0.2, -0.15) is 0 Å². The lowest BCUT2D eigenvalue weighted by Gasteiger charge is -2.19. The highest BCUT2D eigenvalue weighted by Crippen LogP contribution is 2.41. The van der Waals surface area contributed by atoms with E-state index in [1.165, 1.54) is 12.0 Å². The number of rotatable bonds is 5. The minimum atomic E-state index is -0.622. The SMILES string of the molecule is COc1ccccc1N1C[C@H](C(=O)Oc2ccc(N3C(=O)[C@H]4CC=C(C)C[C@H]4C3=O)c(C)c2)CC1=O. The summed E-state index contributed by atoms with van der Waals surface area (Å²) in [5, 5.41) is 0. The van der Waals surface area contributed by atoms with E-state index in [0.29, 0.717) is 41.3 Å². The second kappa shape index (κ2) is 9.26. The van der Waals surface area contributed by atoms with Gasteiger partial charge in [0.2, 0.25) is 17.7 Å². The molecule has 186 valence electrons. The van der Waals surface area contributed by atoms with Gasteiger partial charge in [-0.3, -0.25) is 19.2 Å². The van der Waals surface area contributed by atoms with Gasteiger partial charge >= 0.3 is 5.97 Å². The number of fused-ring (bicyclic) bond motifs is 1. The first-order valence-electron chi connectivity index (χ1n) is 12.1. The molecule has 2 heterocycles. The Hall–Kier alpha value is -3.94. The van der Waals surface area contributed by atoms with Crippen molar-refractivity contribution in [1.82, 2.24) is 0 Å². The number of nitrogens with zero attached hydrogens (tertiary/aromatic N) is 2. The number of esters is 1. The number of benzene rings is 2. The number of carbonyl (C=O) groups is 4. The molecule has 0 aromatic heterocycles. The monoisotopic (exact) mass is 488 g/mol. The van der Waals surface area contributed by atoms with Gasteiger partial charge in [-0.05, 0) is 62.6 Å². The number of allylic oxidation sites excluding steroid dienone is 2. The van der Waals surface area contributed by atoms with Gasteiger partial charge in [0.1, 0.15) is 11.5 Å². The molecule has 8 heteroatoms. The predicted molar refractivity (Wildman–Crippen MR) is 133 cm³/mol. The number of hydrogen-bond donors (Lipinski definition) is 0. The third kappa shape index (κ3) is 4.06. The van der Waals surface area contributed by atoms with E-state index in [0.717, 1.165) is 5.57 Å². The van der Waals surface area contributed by atoms with Crippen LogP contribution in [0.2, 0.25) is 0 Å². The van der Waals surface area contributed by atoms with Crippen LogP contribution in [-0.2, 0) is 19.2 Å². The molecule has 36 heavy (non-hydrogen) atoms. The number of para-hydroxylation sites is 2. The second-order valence-corrected chi connectivity index (χ2v) is 9.66. The van der Waals surface area contributed by atoms with Crippen molar-refractivity contribution in [2.45, 2.75) is 33.1 Å². The lowest BCUT2D eigenvalue weighted by Crippen LogP contribution is -2.31. The van der Waals surface area contributed by atoms with E-state index < -0.39 is 11.9 Å². The van der Waals surface area contributed by atoms with E-state index >= 15 is 0 Å². The van der Waals surface area contributed by atoms with E-state index in [-0.39, 0.29) is 42.5 Å². The number of carbonyl (C=O) groups excluding carboxylic acids is 4. The van der Waals surface area contributed by atoms with E-state index in [1.54, 1.807) is 42.2 Å². The van der Waals surface area contributed by atoms with Crippen molar-refractivity contribution >= 4 is 35.1 Å². The molecule has 2 saturated heterocycles. The number of ether oxygens (including phenoxy) is 2. The molecule has 0 spiro atoms. The molecule has 1 aliphatic carbocycles. The van der Waals surface area contributed by atoms with Crippen LogP contribution < -0.4 is 19.3 Å². The van der Waals surface area contributed by atoms with E-state index in [2.05, 4.69) is 0 Å². The molecule has 0 bridgehead atoms. The standard InChI is InChI=1S/C28H28N2O6/c1-16-8-10-20-21(12-16)27(33)30(26(20)32)22-11-9-19(13-17(22)2)36-28(34)18-14-25(31)29(15-18)23-6-4-5-7-24(23)35-3/h4-9,11,13,18,20-21H,10,12,14-15H2,1-3H3/t18-,20+,21-/m1/s1. The smallest absolute Gasteiger partial charge is 0.316 e. The van der Waals surface area contributed by atoms with Crippen molar-refractivity contribution in [3.8, 4) is 11.5 Å². The van der Waals surface area contributed by atoms with Crippen LogP contribution in [0.5, 0.6) is 11.5 Å². The molecule has 2 aromatic carbocycles. The third-order valence-electron chi connectivity index (χ3n) is 7.28. The lowest BCUT2D eigenvalue weighted by atomic mass is 9.82.